The van der Waals surface area contributed by atoms with Crippen LogP contribution in [0.25, 0.3) is 0 Å². The van der Waals surface area contributed by atoms with Gasteiger partial charge in [-0.2, -0.15) is 0 Å². The van der Waals surface area contributed by atoms with Crippen molar-refractivity contribution in [1.82, 2.24) is 0 Å². The fourth-order valence-electron chi connectivity index (χ4n) is 3.31. The van der Waals surface area contributed by atoms with Crippen LogP contribution in [0, 0.1) is 5.82 Å². The first-order valence-electron chi connectivity index (χ1n) is 9.80. The molecule has 0 saturated carbocycles. The third-order valence-electron chi connectivity index (χ3n) is 5.06. The number of nitrogens with two attached hydrogens (primary N) is 1. The summed E-state index contributed by atoms with van der Waals surface area (Å²) in [5.41, 5.74) is 7.49. The molecule has 1 fully saturated rings. The molecule has 5 nitrogen and oxygen atoms in total. The summed E-state index contributed by atoms with van der Waals surface area (Å²) in [6.45, 7) is 4.17. The van der Waals surface area contributed by atoms with E-state index < -0.39 is 0 Å². The van der Waals surface area contributed by atoms with Crippen LogP contribution >= 0.6 is 0 Å². The second kappa shape index (κ2) is 9.06. The first-order valence-corrected chi connectivity index (χ1v) is 9.80. The van der Waals surface area contributed by atoms with Gasteiger partial charge in [0.2, 0.25) is 0 Å². The third-order valence-corrected chi connectivity index (χ3v) is 5.06. The van der Waals surface area contributed by atoms with Gasteiger partial charge in [-0.05, 0) is 55.3 Å². The van der Waals surface area contributed by atoms with E-state index in [-0.39, 0.29) is 17.8 Å². The lowest BCUT2D eigenvalue weighted by Crippen LogP contribution is -2.28. The average molecular weight is 385 g/mol. The lowest BCUT2D eigenvalue weighted by molar-refractivity contribution is 0.0993. The van der Waals surface area contributed by atoms with E-state index in [0.29, 0.717) is 30.1 Å². The average Bonchev–Trinajstić information content (AvgIpc) is 3.13. The minimum atomic E-state index is -0.342. The Morgan fingerprint density at radius 2 is 2.04 bits per heavy atom. The van der Waals surface area contributed by atoms with Gasteiger partial charge in [0.15, 0.2) is 0 Å². The smallest absolute Gasteiger partial charge is 0.258 e. The van der Waals surface area contributed by atoms with E-state index in [2.05, 4.69) is 6.92 Å². The van der Waals surface area contributed by atoms with Crippen LogP contribution in [0.3, 0.4) is 0 Å². The van der Waals surface area contributed by atoms with Gasteiger partial charge < -0.3 is 20.3 Å². The maximum Gasteiger partial charge on any atom is 0.258 e. The fraction of sp³-hybridized carbons (Fsp3) is 0.409. The molecule has 0 bridgehead atoms. The molecule has 28 heavy (non-hydrogen) atoms. The molecule has 1 atom stereocenters. The van der Waals surface area contributed by atoms with E-state index >= 15 is 0 Å². The first-order chi connectivity index (χ1) is 13.5. The number of hydrogen-bond donors (Lipinski definition) is 1. The molecular weight excluding hydrogens is 357 g/mol. The van der Waals surface area contributed by atoms with Gasteiger partial charge in [0.1, 0.15) is 11.6 Å². The van der Waals surface area contributed by atoms with Crippen LogP contribution in [0.1, 0.15) is 36.5 Å². The predicted octanol–water partition coefficient (Wildman–Crippen LogP) is 3.82. The number of hydrogen-bond acceptors (Lipinski definition) is 4. The number of carbonyl (C=O) groups is 1. The Balaban J connectivity index is 1.68. The van der Waals surface area contributed by atoms with Gasteiger partial charge in [-0.15, -0.1) is 0 Å². The van der Waals surface area contributed by atoms with Crippen molar-refractivity contribution in [2.24, 2.45) is 5.73 Å². The molecular formula is C22H28FN3O2. The van der Waals surface area contributed by atoms with Crippen molar-refractivity contribution in [2.75, 3.05) is 36.5 Å². The van der Waals surface area contributed by atoms with Gasteiger partial charge in [0.05, 0.1) is 12.3 Å². The number of benzene rings is 2. The minimum absolute atomic E-state index is 0.0808. The molecule has 1 saturated heterocycles. The molecule has 1 heterocycles. The van der Waals surface area contributed by atoms with Crippen LogP contribution < -0.4 is 20.3 Å². The number of anilines is 2. The van der Waals surface area contributed by atoms with Gasteiger partial charge in [0, 0.05) is 37.4 Å². The number of ether oxygens (including phenoxy) is 1. The predicted molar refractivity (Wildman–Crippen MR) is 111 cm³/mol. The van der Waals surface area contributed by atoms with Crippen molar-refractivity contribution in [2.45, 2.75) is 32.2 Å². The highest BCUT2D eigenvalue weighted by molar-refractivity contribution is 6.05. The summed E-state index contributed by atoms with van der Waals surface area (Å²) < 4.78 is 20.2. The van der Waals surface area contributed by atoms with Gasteiger partial charge >= 0.3 is 0 Å². The quantitative estimate of drug-likeness (QED) is 0.736. The summed E-state index contributed by atoms with van der Waals surface area (Å²) >= 11 is 0. The molecule has 2 aromatic carbocycles. The van der Waals surface area contributed by atoms with E-state index in [1.165, 1.54) is 11.0 Å². The molecule has 1 amide bonds. The molecule has 3 rings (SSSR count). The Labute approximate surface area is 165 Å². The molecule has 0 spiro atoms. The first kappa shape index (κ1) is 20.1. The highest BCUT2D eigenvalue weighted by atomic mass is 19.1. The summed E-state index contributed by atoms with van der Waals surface area (Å²) in [6.07, 6.45) is 2.92. The normalized spacial score (nSPS) is 16.3. The number of amides is 1. The zero-order chi connectivity index (χ0) is 20.1. The largest absolute Gasteiger partial charge is 0.494 e. The van der Waals surface area contributed by atoms with Gasteiger partial charge in [-0.1, -0.05) is 13.3 Å². The van der Waals surface area contributed by atoms with Crippen LogP contribution in [-0.2, 0) is 0 Å². The van der Waals surface area contributed by atoms with Crippen LogP contribution in [0.15, 0.2) is 42.5 Å². The van der Waals surface area contributed by atoms with Crippen LogP contribution in [-0.4, -0.2) is 38.7 Å². The zero-order valence-electron chi connectivity index (χ0n) is 16.5. The minimum Gasteiger partial charge on any atom is -0.494 e. The number of unbranched alkanes of at least 4 members (excludes halogenated alkanes) is 1. The van der Waals surface area contributed by atoms with E-state index in [1.54, 1.807) is 43.4 Å². The Bertz CT molecular complexity index is 810. The number of rotatable bonds is 7. The van der Waals surface area contributed by atoms with Crippen molar-refractivity contribution < 1.29 is 13.9 Å². The Morgan fingerprint density at radius 1 is 1.29 bits per heavy atom. The van der Waals surface area contributed by atoms with Crippen molar-refractivity contribution in [3.8, 4) is 5.75 Å². The van der Waals surface area contributed by atoms with E-state index in [0.717, 1.165) is 31.6 Å². The number of carbonyl (C=O) groups excluding carboxylic acids is 1. The fourth-order valence-corrected chi connectivity index (χ4v) is 3.31. The lowest BCUT2D eigenvalue weighted by atomic mass is 10.1. The van der Waals surface area contributed by atoms with Crippen molar-refractivity contribution in [3.05, 3.63) is 53.8 Å². The molecule has 6 heteroatoms. The summed E-state index contributed by atoms with van der Waals surface area (Å²) in [4.78, 5) is 16.1. The molecule has 2 aromatic rings. The van der Waals surface area contributed by atoms with E-state index in [9.17, 15) is 9.18 Å². The lowest BCUT2D eigenvalue weighted by Gasteiger charge is -2.22. The second-order valence-electron chi connectivity index (χ2n) is 7.22. The molecule has 0 aliphatic carbocycles. The molecule has 1 unspecified atom stereocenters. The second-order valence-corrected chi connectivity index (χ2v) is 7.22. The standard InChI is InChI=1S/C22H28FN3O2/c1-3-4-13-28-19-8-5-16(6-9-19)22(27)25(2)18-7-10-21(20(23)14-18)26-12-11-17(24)15-26/h5-10,14,17H,3-4,11-13,15,24H2,1-2H3. The highest BCUT2D eigenvalue weighted by Crippen LogP contribution is 2.28. The van der Waals surface area contributed by atoms with Gasteiger partial charge in [0.25, 0.3) is 5.91 Å². The Morgan fingerprint density at radius 3 is 2.64 bits per heavy atom. The summed E-state index contributed by atoms with van der Waals surface area (Å²) in [7, 11) is 1.65. The Kier molecular flexibility index (Phi) is 6.52. The van der Waals surface area contributed by atoms with Crippen LogP contribution in [0.5, 0.6) is 5.75 Å². The number of nitrogens with zero attached hydrogens (tertiary/aromatic N) is 2. The molecule has 1 aliphatic rings. The highest BCUT2D eigenvalue weighted by Gasteiger charge is 2.23. The molecule has 1 aliphatic heterocycles. The number of halogens is 1. The monoisotopic (exact) mass is 385 g/mol. The summed E-state index contributed by atoms with van der Waals surface area (Å²) in [6, 6.07) is 12.0. The van der Waals surface area contributed by atoms with Crippen LogP contribution in [0.4, 0.5) is 15.8 Å². The molecule has 0 aromatic heterocycles. The van der Waals surface area contributed by atoms with E-state index in [4.69, 9.17) is 10.5 Å². The zero-order valence-corrected chi connectivity index (χ0v) is 16.5. The van der Waals surface area contributed by atoms with Crippen molar-refractivity contribution in [3.63, 3.8) is 0 Å². The summed E-state index contributed by atoms with van der Waals surface area (Å²) in [5.74, 6) is 0.202. The Hall–Kier alpha value is -2.60. The molecule has 0 radical (unpaired) electrons. The maximum atomic E-state index is 14.6. The molecule has 2 N–H and O–H groups in total. The van der Waals surface area contributed by atoms with Gasteiger partial charge in [-0.3, -0.25) is 4.79 Å². The third kappa shape index (κ3) is 4.62. The SMILES string of the molecule is CCCCOc1ccc(C(=O)N(C)c2ccc(N3CCC(N)C3)c(F)c2)cc1. The van der Waals surface area contributed by atoms with Crippen LogP contribution in [0.2, 0.25) is 0 Å². The summed E-state index contributed by atoms with van der Waals surface area (Å²) in [5, 5.41) is 0. The van der Waals surface area contributed by atoms with E-state index in [1.807, 2.05) is 4.90 Å². The van der Waals surface area contributed by atoms with Crippen molar-refractivity contribution >= 4 is 17.3 Å². The topological polar surface area (TPSA) is 58.8 Å². The van der Waals surface area contributed by atoms with Crippen molar-refractivity contribution in [1.29, 1.82) is 0 Å². The van der Waals surface area contributed by atoms with Gasteiger partial charge in [-0.25, -0.2) is 4.39 Å². The molecule has 150 valence electrons. The maximum absolute atomic E-state index is 14.6.